The van der Waals surface area contributed by atoms with Crippen LogP contribution in [0.25, 0.3) is 11.0 Å². The van der Waals surface area contributed by atoms with Crippen LogP contribution in [0.4, 0.5) is 0 Å². The molecule has 0 unspecified atom stereocenters. The summed E-state index contributed by atoms with van der Waals surface area (Å²) in [6.07, 6.45) is 2.41. The topological polar surface area (TPSA) is 92.6 Å². The van der Waals surface area contributed by atoms with Crippen molar-refractivity contribution in [1.82, 2.24) is 35.1 Å². The number of amides is 1. The number of para-hydroxylation sites is 2. The fraction of sp³-hybridized carbons (Fsp3) is 0.471. The van der Waals surface area contributed by atoms with Crippen LogP contribution in [0, 0.1) is 0 Å². The number of aromatic amines is 1. The third-order valence-electron chi connectivity index (χ3n) is 4.77. The van der Waals surface area contributed by atoms with E-state index < -0.39 is 0 Å². The van der Waals surface area contributed by atoms with Gasteiger partial charge in [0.05, 0.1) is 11.0 Å². The van der Waals surface area contributed by atoms with Gasteiger partial charge in [-0.2, -0.15) is 0 Å². The van der Waals surface area contributed by atoms with Gasteiger partial charge in [0.1, 0.15) is 5.82 Å². The van der Waals surface area contributed by atoms with Gasteiger partial charge in [-0.1, -0.05) is 23.9 Å². The first kappa shape index (κ1) is 17.0. The summed E-state index contributed by atoms with van der Waals surface area (Å²) in [4.78, 5) is 22.5. The monoisotopic (exact) mass is 371 g/mol. The van der Waals surface area contributed by atoms with Crippen molar-refractivity contribution in [3.8, 4) is 0 Å². The van der Waals surface area contributed by atoms with Gasteiger partial charge < -0.3 is 9.88 Å². The first-order valence-electron chi connectivity index (χ1n) is 8.78. The molecule has 1 saturated heterocycles. The second kappa shape index (κ2) is 7.45. The number of piperidine rings is 1. The molecule has 26 heavy (non-hydrogen) atoms. The Morgan fingerprint density at radius 2 is 2.12 bits per heavy atom. The molecule has 0 atom stereocenters. The number of H-pyrrole nitrogens is 1. The number of carbonyl (C=O) groups excluding carboxylic acids is 1. The average molecular weight is 371 g/mol. The molecule has 1 aliphatic rings. The Morgan fingerprint density at radius 1 is 1.31 bits per heavy atom. The molecule has 136 valence electrons. The van der Waals surface area contributed by atoms with Crippen LogP contribution in [-0.4, -0.2) is 59.8 Å². The van der Waals surface area contributed by atoms with Gasteiger partial charge in [-0.05, 0) is 35.4 Å². The number of imidazole rings is 1. The number of benzene rings is 1. The fourth-order valence-electron chi connectivity index (χ4n) is 3.30. The SMILES string of the molecule is Cn1nnnc1SCCC(=O)N1CCC(c2nc3ccccc3[nH]2)CC1. The number of nitrogens with zero attached hydrogens (tertiary/aromatic N) is 6. The molecule has 3 heterocycles. The van der Waals surface area contributed by atoms with Crippen molar-refractivity contribution < 1.29 is 4.79 Å². The molecule has 4 rings (SSSR count). The van der Waals surface area contributed by atoms with Crippen LogP contribution in [-0.2, 0) is 11.8 Å². The third kappa shape index (κ3) is 3.57. The molecular weight excluding hydrogens is 350 g/mol. The molecule has 1 amide bonds. The van der Waals surface area contributed by atoms with Crippen LogP contribution >= 0.6 is 11.8 Å². The molecule has 1 N–H and O–H groups in total. The third-order valence-corrected chi connectivity index (χ3v) is 5.78. The summed E-state index contributed by atoms with van der Waals surface area (Å²) in [6, 6.07) is 8.09. The molecule has 9 heteroatoms. The first-order valence-corrected chi connectivity index (χ1v) is 9.77. The van der Waals surface area contributed by atoms with Gasteiger partial charge in [-0.3, -0.25) is 4.79 Å². The van der Waals surface area contributed by atoms with Crippen LogP contribution in [0.15, 0.2) is 29.4 Å². The predicted octanol–water partition coefficient (Wildman–Crippen LogP) is 1.97. The minimum Gasteiger partial charge on any atom is -0.343 e. The van der Waals surface area contributed by atoms with Gasteiger partial charge in [-0.15, -0.1) is 5.10 Å². The molecule has 0 saturated carbocycles. The van der Waals surface area contributed by atoms with E-state index in [1.54, 1.807) is 11.7 Å². The van der Waals surface area contributed by atoms with Gasteiger partial charge in [-0.25, -0.2) is 9.67 Å². The van der Waals surface area contributed by atoms with Crippen LogP contribution in [0.1, 0.15) is 31.0 Å². The smallest absolute Gasteiger partial charge is 0.223 e. The summed E-state index contributed by atoms with van der Waals surface area (Å²) >= 11 is 1.51. The highest BCUT2D eigenvalue weighted by Crippen LogP contribution is 2.28. The van der Waals surface area contributed by atoms with Gasteiger partial charge in [0.15, 0.2) is 0 Å². The summed E-state index contributed by atoms with van der Waals surface area (Å²) in [5.41, 5.74) is 2.09. The van der Waals surface area contributed by atoms with Crippen molar-refractivity contribution in [3.05, 3.63) is 30.1 Å². The van der Waals surface area contributed by atoms with Gasteiger partial charge in [0.2, 0.25) is 11.1 Å². The van der Waals surface area contributed by atoms with Gasteiger partial charge >= 0.3 is 0 Å². The lowest BCUT2D eigenvalue weighted by Gasteiger charge is -2.31. The fourth-order valence-corrected chi connectivity index (χ4v) is 4.08. The molecular formula is C17H21N7OS. The maximum Gasteiger partial charge on any atom is 0.223 e. The molecule has 1 aliphatic heterocycles. The molecule has 0 bridgehead atoms. The Labute approximate surface area is 155 Å². The van der Waals surface area contributed by atoms with Gasteiger partial charge in [0.25, 0.3) is 0 Å². The maximum absolute atomic E-state index is 12.4. The number of nitrogens with one attached hydrogen (secondary N) is 1. The largest absolute Gasteiger partial charge is 0.343 e. The average Bonchev–Trinajstić information content (AvgIpc) is 3.28. The second-order valence-corrected chi connectivity index (χ2v) is 7.54. The lowest BCUT2D eigenvalue weighted by atomic mass is 9.96. The van der Waals surface area contributed by atoms with Crippen molar-refractivity contribution in [2.24, 2.45) is 7.05 Å². The minimum absolute atomic E-state index is 0.204. The lowest BCUT2D eigenvalue weighted by Crippen LogP contribution is -2.38. The standard InChI is InChI=1S/C17H21N7OS/c1-23-17(20-21-22-23)26-11-8-15(25)24-9-6-12(7-10-24)16-18-13-4-2-3-5-14(13)19-16/h2-5,12H,6-11H2,1H3,(H,18,19). The molecule has 3 aromatic rings. The summed E-state index contributed by atoms with van der Waals surface area (Å²) in [6.45, 7) is 1.58. The molecule has 1 fully saturated rings. The number of fused-ring (bicyclic) bond motifs is 1. The Hall–Kier alpha value is -2.42. The quantitative estimate of drug-likeness (QED) is 0.690. The van der Waals surface area contributed by atoms with E-state index in [-0.39, 0.29) is 5.91 Å². The van der Waals surface area contributed by atoms with E-state index in [0.29, 0.717) is 18.1 Å². The molecule has 2 aromatic heterocycles. The van der Waals surface area contributed by atoms with E-state index in [9.17, 15) is 4.79 Å². The van der Waals surface area contributed by atoms with Crippen LogP contribution in [0.3, 0.4) is 0 Å². The normalized spacial score (nSPS) is 15.7. The van der Waals surface area contributed by atoms with E-state index in [1.165, 1.54) is 11.8 Å². The van der Waals surface area contributed by atoms with Gasteiger partial charge in [0, 0.05) is 38.2 Å². The molecule has 0 radical (unpaired) electrons. The number of rotatable bonds is 5. The zero-order chi connectivity index (χ0) is 17.9. The minimum atomic E-state index is 0.204. The van der Waals surface area contributed by atoms with E-state index in [0.717, 1.165) is 47.9 Å². The highest BCUT2D eigenvalue weighted by atomic mass is 32.2. The second-order valence-electron chi connectivity index (χ2n) is 6.48. The Kier molecular flexibility index (Phi) is 4.87. The molecule has 0 aliphatic carbocycles. The van der Waals surface area contributed by atoms with Crippen molar-refractivity contribution in [3.63, 3.8) is 0 Å². The summed E-state index contributed by atoms with van der Waals surface area (Å²) < 4.78 is 1.62. The van der Waals surface area contributed by atoms with Crippen molar-refractivity contribution in [2.75, 3.05) is 18.8 Å². The maximum atomic E-state index is 12.4. The zero-order valence-corrected chi connectivity index (χ0v) is 15.4. The number of hydrogen-bond donors (Lipinski definition) is 1. The highest BCUT2D eigenvalue weighted by molar-refractivity contribution is 7.99. The Balaban J connectivity index is 1.27. The van der Waals surface area contributed by atoms with Crippen molar-refractivity contribution in [2.45, 2.75) is 30.3 Å². The van der Waals surface area contributed by atoms with Crippen molar-refractivity contribution in [1.29, 1.82) is 0 Å². The van der Waals surface area contributed by atoms with Crippen LogP contribution in [0.5, 0.6) is 0 Å². The number of tetrazole rings is 1. The number of aromatic nitrogens is 6. The summed E-state index contributed by atoms with van der Waals surface area (Å²) in [5.74, 6) is 2.33. The Morgan fingerprint density at radius 3 is 2.85 bits per heavy atom. The molecule has 1 aromatic carbocycles. The molecule has 0 spiro atoms. The molecule has 8 nitrogen and oxygen atoms in total. The Bertz CT molecular complexity index is 864. The number of thioether (sulfide) groups is 1. The van der Waals surface area contributed by atoms with Crippen LogP contribution in [0.2, 0.25) is 0 Å². The lowest BCUT2D eigenvalue weighted by molar-refractivity contribution is -0.131. The zero-order valence-electron chi connectivity index (χ0n) is 14.6. The number of hydrogen-bond acceptors (Lipinski definition) is 6. The van der Waals surface area contributed by atoms with Crippen molar-refractivity contribution >= 4 is 28.7 Å². The van der Waals surface area contributed by atoms with E-state index in [1.807, 2.05) is 23.1 Å². The highest BCUT2D eigenvalue weighted by Gasteiger charge is 2.25. The summed E-state index contributed by atoms with van der Waals surface area (Å²) in [7, 11) is 1.80. The van der Waals surface area contributed by atoms with E-state index in [2.05, 4.69) is 26.6 Å². The van der Waals surface area contributed by atoms with E-state index >= 15 is 0 Å². The first-order chi connectivity index (χ1) is 12.7. The summed E-state index contributed by atoms with van der Waals surface area (Å²) in [5, 5.41) is 12.0. The predicted molar refractivity (Wildman–Crippen MR) is 98.8 cm³/mol. The van der Waals surface area contributed by atoms with Crippen LogP contribution < -0.4 is 0 Å². The van der Waals surface area contributed by atoms with E-state index in [4.69, 9.17) is 4.98 Å². The number of likely N-dealkylation sites (tertiary alicyclic amines) is 1. The number of aryl methyl sites for hydroxylation is 1. The number of carbonyl (C=O) groups is 1.